The Bertz CT molecular complexity index is 691. The molecule has 24 heavy (non-hydrogen) atoms. The number of aliphatic carboxylic acids is 1. The Morgan fingerprint density at radius 1 is 1.33 bits per heavy atom. The maximum atomic E-state index is 13.4. The van der Waals surface area contributed by atoms with E-state index < -0.39 is 29.5 Å². The van der Waals surface area contributed by atoms with Crippen molar-refractivity contribution in [2.45, 2.75) is 45.8 Å². The van der Waals surface area contributed by atoms with Gasteiger partial charge in [-0.2, -0.15) is 0 Å². The highest BCUT2D eigenvalue weighted by Gasteiger charge is 2.37. The lowest BCUT2D eigenvalue weighted by Gasteiger charge is -2.37. The van der Waals surface area contributed by atoms with E-state index in [1.807, 2.05) is 0 Å². The zero-order valence-electron chi connectivity index (χ0n) is 14.3. The van der Waals surface area contributed by atoms with Crippen LogP contribution in [0.25, 0.3) is 0 Å². The van der Waals surface area contributed by atoms with Crippen LogP contribution in [0.15, 0.2) is 29.8 Å². The number of rotatable bonds is 2. The fourth-order valence-corrected chi connectivity index (χ4v) is 2.77. The molecule has 0 aromatic heterocycles. The third-order valence-electron chi connectivity index (χ3n) is 3.74. The van der Waals surface area contributed by atoms with Crippen molar-refractivity contribution in [3.63, 3.8) is 0 Å². The summed E-state index contributed by atoms with van der Waals surface area (Å²) in [6, 6.07) is 3.32. The van der Waals surface area contributed by atoms with Crippen molar-refractivity contribution in [3.05, 3.63) is 46.8 Å². The average Bonchev–Trinajstić information content (AvgIpc) is 2.44. The summed E-state index contributed by atoms with van der Waals surface area (Å²) in [6.07, 6.45) is 1.46. The number of carbonyl (C=O) groups is 2. The number of aryl methyl sites for hydroxylation is 1. The summed E-state index contributed by atoms with van der Waals surface area (Å²) < 4.78 is 18.8. The number of nitrogens with zero attached hydrogens (tertiary/aromatic N) is 1. The zero-order chi connectivity index (χ0) is 18.1. The first-order valence-corrected chi connectivity index (χ1v) is 7.79. The molecule has 1 aromatic carbocycles. The summed E-state index contributed by atoms with van der Waals surface area (Å²) in [7, 11) is 0. The molecular weight excluding hydrogens is 313 g/mol. The van der Waals surface area contributed by atoms with Crippen LogP contribution in [0.5, 0.6) is 0 Å². The van der Waals surface area contributed by atoms with E-state index >= 15 is 0 Å². The predicted molar refractivity (Wildman–Crippen MR) is 87.2 cm³/mol. The number of carboxylic acid groups (broad SMARTS) is 1. The SMILES string of the molecule is Cc1cc(F)ccc1C1C(C(=O)O)=CCCN1C(=O)OC(C)(C)C. The number of ether oxygens (including phenoxy) is 1. The molecule has 1 unspecified atom stereocenters. The summed E-state index contributed by atoms with van der Waals surface area (Å²) >= 11 is 0. The van der Waals surface area contributed by atoms with Gasteiger partial charge in [-0.25, -0.2) is 14.0 Å². The third kappa shape index (κ3) is 3.93. The Balaban J connectivity index is 2.48. The fourth-order valence-electron chi connectivity index (χ4n) is 2.77. The van der Waals surface area contributed by atoms with Crippen LogP contribution in [-0.2, 0) is 9.53 Å². The van der Waals surface area contributed by atoms with Crippen LogP contribution in [0.4, 0.5) is 9.18 Å². The summed E-state index contributed by atoms with van der Waals surface area (Å²) in [5.41, 5.74) is 0.573. The second-order valence-electron chi connectivity index (χ2n) is 6.83. The molecule has 130 valence electrons. The van der Waals surface area contributed by atoms with Crippen LogP contribution < -0.4 is 0 Å². The van der Waals surface area contributed by atoms with E-state index in [2.05, 4.69) is 0 Å². The van der Waals surface area contributed by atoms with Crippen molar-refractivity contribution in [2.75, 3.05) is 6.54 Å². The van der Waals surface area contributed by atoms with Crippen LogP contribution in [0.1, 0.15) is 44.4 Å². The van der Waals surface area contributed by atoms with Gasteiger partial charge in [-0.15, -0.1) is 0 Å². The largest absolute Gasteiger partial charge is 0.478 e. The first kappa shape index (κ1) is 18.0. The summed E-state index contributed by atoms with van der Waals surface area (Å²) in [6.45, 7) is 7.29. The molecule has 1 aromatic rings. The molecule has 0 aliphatic carbocycles. The first-order chi connectivity index (χ1) is 11.1. The molecule has 0 bridgehead atoms. The van der Waals surface area contributed by atoms with Crippen LogP contribution >= 0.6 is 0 Å². The molecule has 0 spiro atoms. The molecule has 0 saturated carbocycles. The number of amides is 1. The number of benzene rings is 1. The molecule has 0 fully saturated rings. The maximum Gasteiger partial charge on any atom is 0.411 e. The zero-order valence-corrected chi connectivity index (χ0v) is 14.3. The van der Waals surface area contributed by atoms with Gasteiger partial charge in [0.2, 0.25) is 0 Å². The van der Waals surface area contributed by atoms with Gasteiger partial charge in [-0.05, 0) is 57.4 Å². The van der Waals surface area contributed by atoms with Gasteiger partial charge in [0, 0.05) is 6.54 Å². The van der Waals surface area contributed by atoms with Gasteiger partial charge in [0.1, 0.15) is 11.4 Å². The molecule has 1 heterocycles. The van der Waals surface area contributed by atoms with Crippen LogP contribution in [0.3, 0.4) is 0 Å². The highest BCUT2D eigenvalue weighted by Crippen LogP contribution is 2.35. The van der Waals surface area contributed by atoms with Crippen LogP contribution in [-0.4, -0.2) is 34.2 Å². The minimum Gasteiger partial charge on any atom is -0.478 e. The number of hydrogen-bond donors (Lipinski definition) is 1. The monoisotopic (exact) mass is 335 g/mol. The van der Waals surface area contributed by atoms with E-state index in [1.54, 1.807) is 33.8 Å². The third-order valence-corrected chi connectivity index (χ3v) is 3.74. The molecule has 5 nitrogen and oxygen atoms in total. The summed E-state index contributed by atoms with van der Waals surface area (Å²) in [4.78, 5) is 25.6. The molecule has 1 N–H and O–H groups in total. The number of carboxylic acids is 1. The van der Waals surface area contributed by atoms with E-state index in [1.165, 1.54) is 23.1 Å². The first-order valence-electron chi connectivity index (χ1n) is 7.79. The van der Waals surface area contributed by atoms with Crippen LogP contribution in [0, 0.1) is 12.7 Å². The lowest BCUT2D eigenvalue weighted by molar-refractivity contribution is -0.133. The van der Waals surface area contributed by atoms with E-state index in [-0.39, 0.29) is 5.57 Å². The van der Waals surface area contributed by atoms with Gasteiger partial charge in [0.05, 0.1) is 11.6 Å². The smallest absolute Gasteiger partial charge is 0.411 e. The predicted octanol–water partition coefficient (Wildman–Crippen LogP) is 3.83. The highest BCUT2D eigenvalue weighted by atomic mass is 19.1. The van der Waals surface area contributed by atoms with Gasteiger partial charge in [-0.1, -0.05) is 12.1 Å². The molecule has 1 aliphatic rings. The molecular formula is C18H22FNO4. The number of carbonyl (C=O) groups excluding carboxylic acids is 1. The second kappa shape index (κ2) is 6.63. The molecule has 1 atom stereocenters. The molecule has 6 heteroatoms. The van der Waals surface area contributed by atoms with Crippen molar-refractivity contribution in [2.24, 2.45) is 0 Å². The van der Waals surface area contributed by atoms with E-state index in [0.717, 1.165) is 0 Å². The quantitative estimate of drug-likeness (QED) is 0.892. The van der Waals surface area contributed by atoms with E-state index in [9.17, 15) is 19.1 Å². The fraction of sp³-hybridized carbons (Fsp3) is 0.444. The van der Waals surface area contributed by atoms with Gasteiger partial charge < -0.3 is 9.84 Å². The second-order valence-corrected chi connectivity index (χ2v) is 6.83. The standard InChI is InChI=1S/C18H22FNO4/c1-11-10-12(19)7-8-13(11)15-14(16(21)22)6-5-9-20(15)17(23)24-18(2,3)4/h6-8,10,15H,5,9H2,1-4H3,(H,21,22). The molecule has 2 rings (SSSR count). The number of halogens is 1. The minimum absolute atomic E-state index is 0.0989. The van der Waals surface area contributed by atoms with Gasteiger partial charge in [0.25, 0.3) is 0 Å². The van der Waals surface area contributed by atoms with Gasteiger partial charge in [-0.3, -0.25) is 4.90 Å². The number of hydrogen-bond acceptors (Lipinski definition) is 3. The van der Waals surface area contributed by atoms with Crippen molar-refractivity contribution in [1.29, 1.82) is 0 Å². The summed E-state index contributed by atoms with van der Waals surface area (Å²) in [5, 5.41) is 9.53. The van der Waals surface area contributed by atoms with Gasteiger partial charge >= 0.3 is 12.1 Å². The Kier molecular flexibility index (Phi) is 4.96. The normalized spacial score (nSPS) is 18.1. The Labute approximate surface area is 140 Å². The van der Waals surface area contributed by atoms with E-state index in [4.69, 9.17) is 4.74 Å². The topological polar surface area (TPSA) is 66.8 Å². The molecule has 0 saturated heterocycles. The van der Waals surface area contributed by atoms with Gasteiger partial charge in [0.15, 0.2) is 0 Å². The Morgan fingerprint density at radius 3 is 2.54 bits per heavy atom. The average molecular weight is 335 g/mol. The lowest BCUT2D eigenvalue weighted by Crippen LogP contribution is -2.43. The van der Waals surface area contributed by atoms with Crippen molar-refractivity contribution < 1.29 is 23.8 Å². The van der Waals surface area contributed by atoms with E-state index in [0.29, 0.717) is 24.1 Å². The Morgan fingerprint density at radius 2 is 2.00 bits per heavy atom. The van der Waals surface area contributed by atoms with Crippen molar-refractivity contribution in [3.8, 4) is 0 Å². The van der Waals surface area contributed by atoms with Crippen molar-refractivity contribution in [1.82, 2.24) is 4.90 Å². The molecule has 0 radical (unpaired) electrons. The minimum atomic E-state index is -1.10. The van der Waals surface area contributed by atoms with Crippen LogP contribution in [0.2, 0.25) is 0 Å². The lowest BCUT2D eigenvalue weighted by atomic mass is 9.90. The highest BCUT2D eigenvalue weighted by molar-refractivity contribution is 5.90. The molecule has 1 amide bonds. The molecule has 1 aliphatic heterocycles. The Hall–Kier alpha value is -2.37. The maximum absolute atomic E-state index is 13.4. The summed E-state index contributed by atoms with van der Waals surface area (Å²) in [5.74, 6) is -1.51. The van der Waals surface area contributed by atoms with Crippen molar-refractivity contribution >= 4 is 12.1 Å².